The van der Waals surface area contributed by atoms with E-state index < -0.39 is 0 Å². The highest BCUT2D eigenvalue weighted by atomic mass is 35.5. The normalized spacial score (nSPS) is 16.9. The Morgan fingerprint density at radius 1 is 1.05 bits per heavy atom. The molecule has 1 N–H and O–H groups in total. The Labute approximate surface area is 126 Å². The van der Waals surface area contributed by atoms with E-state index in [0.717, 1.165) is 6.54 Å². The minimum Gasteiger partial charge on any atom is -0.361 e. The van der Waals surface area contributed by atoms with Crippen LogP contribution in [-0.2, 0) is 6.54 Å². The van der Waals surface area contributed by atoms with Crippen LogP contribution in [0.4, 0.5) is 0 Å². The monoisotopic (exact) mass is 301 g/mol. The molecule has 1 aliphatic rings. The standard InChI is InChI=1S/C14H19N3.2ClH/c1-16-6-8-17(9-7-16)11-12-10-15-14-5-3-2-4-13(12)14;;/h2-5,10,15H,6-9,11H2,1H3;2*1H. The van der Waals surface area contributed by atoms with Crippen LogP contribution < -0.4 is 0 Å². The second kappa shape index (κ2) is 7.15. The predicted octanol–water partition coefficient (Wildman–Crippen LogP) is 2.76. The van der Waals surface area contributed by atoms with Gasteiger partial charge in [-0.1, -0.05) is 18.2 Å². The number of halogens is 2. The fourth-order valence-corrected chi connectivity index (χ4v) is 2.51. The van der Waals surface area contributed by atoms with Crippen molar-refractivity contribution in [3.8, 4) is 0 Å². The van der Waals surface area contributed by atoms with Gasteiger partial charge in [0.25, 0.3) is 0 Å². The van der Waals surface area contributed by atoms with Crippen LogP contribution in [0.1, 0.15) is 5.56 Å². The molecule has 0 bridgehead atoms. The minimum atomic E-state index is 0. The maximum Gasteiger partial charge on any atom is 0.0457 e. The molecule has 1 aromatic heterocycles. The second-order valence-electron chi connectivity index (χ2n) is 4.94. The van der Waals surface area contributed by atoms with Crippen molar-refractivity contribution in [2.45, 2.75) is 6.54 Å². The van der Waals surface area contributed by atoms with Crippen LogP contribution in [0.15, 0.2) is 30.5 Å². The first-order valence-electron chi connectivity index (χ1n) is 6.29. The summed E-state index contributed by atoms with van der Waals surface area (Å²) in [4.78, 5) is 8.28. The van der Waals surface area contributed by atoms with Crippen molar-refractivity contribution in [2.24, 2.45) is 0 Å². The fourth-order valence-electron chi connectivity index (χ4n) is 2.51. The van der Waals surface area contributed by atoms with Crippen molar-refractivity contribution >= 4 is 35.7 Å². The van der Waals surface area contributed by atoms with Gasteiger partial charge in [0.05, 0.1) is 0 Å². The molecule has 1 aliphatic heterocycles. The third-order valence-electron chi connectivity index (χ3n) is 3.66. The summed E-state index contributed by atoms with van der Waals surface area (Å²) in [6.45, 7) is 5.79. The highest BCUT2D eigenvalue weighted by molar-refractivity contribution is 5.85. The first kappa shape index (κ1) is 16.3. The van der Waals surface area contributed by atoms with E-state index in [0.29, 0.717) is 0 Å². The SMILES string of the molecule is CN1CCN(Cc2c[nH]c3ccccc23)CC1.Cl.Cl. The van der Waals surface area contributed by atoms with E-state index >= 15 is 0 Å². The molecular formula is C14H21Cl2N3. The molecular weight excluding hydrogens is 281 g/mol. The number of benzene rings is 1. The van der Waals surface area contributed by atoms with Crippen molar-refractivity contribution in [1.82, 2.24) is 14.8 Å². The Hall–Kier alpha value is -0.740. The summed E-state index contributed by atoms with van der Waals surface area (Å²) >= 11 is 0. The number of rotatable bonds is 2. The summed E-state index contributed by atoms with van der Waals surface area (Å²) in [5.41, 5.74) is 2.67. The van der Waals surface area contributed by atoms with E-state index in [1.165, 1.54) is 42.6 Å². The molecule has 0 amide bonds. The van der Waals surface area contributed by atoms with Gasteiger partial charge in [-0.25, -0.2) is 0 Å². The third kappa shape index (κ3) is 3.63. The Kier molecular flexibility index (Phi) is 6.14. The van der Waals surface area contributed by atoms with E-state index in [4.69, 9.17) is 0 Å². The van der Waals surface area contributed by atoms with Gasteiger partial charge in [-0.3, -0.25) is 4.90 Å². The lowest BCUT2D eigenvalue weighted by atomic mass is 10.1. The molecule has 0 radical (unpaired) electrons. The number of aromatic nitrogens is 1. The summed E-state index contributed by atoms with van der Waals surface area (Å²) in [6, 6.07) is 8.54. The zero-order chi connectivity index (χ0) is 11.7. The van der Waals surface area contributed by atoms with Crippen molar-refractivity contribution in [1.29, 1.82) is 0 Å². The molecule has 19 heavy (non-hydrogen) atoms. The van der Waals surface area contributed by atoms with E-state index in [-0.39, 0.29) is 24.8 Å². The smallest absolute Gasteiger partial charge is 0.0457 e. The lowest BCUT2D eigenvalue weighted by Gasteiger charge is -2.32. The van der Waals surface area contributed by atoms with E-state index in [2.05, 4.69) is 52.3 Å². The summed E-state index contributed by atoms with van der Waals surface area (Å²) in [7, 11) is 2.20. The number of likely N-dealkylation sites (N-methyl/N-ethyl adjacent to an activating group) is 1. The van der Waals surface area contributed by atoms with Crippen LogP contribution in [0.2, 0.25) is 0 Å². The molecule has 1 aromatic carbocycles. The summed E-state index contributed by atoms with van der Waals surface area (Å²) in [6.07, 6.45) is 2.16. The van der Waals surface area contributed by atoms with Crippen molar-refractivity contribution < 1.29 is 0 Å². The Morgan fingerprint density at radius 3 is 2.47 bits per heavy atom. The van der Waals surface area contributed by atoms with Crippen LogP contribution >= 0.6 is 24.8 Å². The van der Waals surface area contributed by atoms with Gasteiger partial charge in [-0.15, -0.1) is 24.8 Å². The van der Waals surface area contributed by atoms with Crippen molar-refractivity contribution in [3.63, 3.8) is 0 Å². The van der Waals surface area contributed by atoms with Crippen LogP contribution in [0, 0.1) is 0 Å². The Morgan fingerprint density at radius 2 is 1.74 bits per heavy atom. The number of hydrogen-bond acceptors (Lipinski definition) is 2. The van der Waals surface area contributed by atoms with E-state index in [9.17, 15) is 0 Å². The van der Waals surface area contributed by atoms with Gasteiger partial charge >= 0.3 is 0 Å². The van der Waals surface area contributed by atoms with Crippen LogP contribution in [0.25, 0.3) is 10.9 Å². The minimum absolute atomic E-state index is 0. The van der Waals surface area contributed by atoms with E-state index in [1.54, 1.807) is 0 Å². The largest absolute Gasteiger partial charge is 0.361 e. The molecule has 5 heteroatoms. The van der Waals surface area contributed by atoms with E-state index in [1.807, 2.05) is 0 Å². The van der Waals surface area contributed by atoms with Gasteiger partial charge in [-0.05, 0) is 18.7 Å². The van der Waals surface area contributed by atoms with Crippen molar-refractivity contribution in [2.75, 3.05) is 33.2 Å². The molecule has 1 saturated heterocycles. The summed E-state index contributed by atoms with van der Waals surface area (Å²) in [5.74, 6) is 0. The zero-order valence-corrected chi connectivity index (χ0v) is 12.8. The number of piperazine rings is 1. The van der Waals surface area contributed by atoms with Gasteiger partial charge in [0.15, 0.2) is 0 Å². The number of hydrogen-bond donors (Lipinski definition) is 1. The molecule has 0 spiro atoms. The molecule has 0 atom stereocenters. The summed E-state index contributed by atoms with van der Waals surface area (Å²) in [5, 5.41) is 1.37. The second-order valence-corrected chi connectivity index (χ2v) is 4.94. The molecule has 3 rings (SSSR count). The molecule has 1 fully saturated rings. The molecule has 0 unspecified atom stereocenters. The number of aromatic amines is 1. The Bertz CT molecular complexity index is 504. The molecule has 0 saturated carbocycles. The molecule has 3 nitrogen and oxygen atoms in total. The molecule has 106 valence electrons. The topological polar surface area (TPSA) is 22.3 Å². The van der Waals surface area contributed by atoms with Gasteiger partial charge < -0.3 is 9.88 Å². The maximum absolute atomic E-state index is 3.35. The summed E-state index contributed by atoms with van der Waals surface area (Å²) < 4.78 is 0. The van der Waals surface area contributed by atoms with Gasteiger partial charge in [-0.2, -0.15) is 0 Å². The molecule has 2 heterocycles. The third-order valence-corrected chi connectivity index (χ3v) is 3.66. The predicted molar refractivity (Wildman–Crippen MR) is 85.6 cm³/mol. The Balaban J connectivity index is 0.000000902. The quantitative estimate of drug-likeness (QED) is 0.921. The van der Waals surface area contributed by atoms with Gasteiger partial charge in [0, 0.05) is 49.8 Å². The molecule has 2 aromatic rings. The van der Waals surface area contributed by atoms with Crippen LogP contribution in [0.5, 0.6) is 0 Å². The van der Waals surface area contributed by atoms with Crippen molar-refractivity contribution in [3.05, 3.63) is 36.0 Å². The molecule has 0 aliphatic carbocycles. The average Bonchev–Trinajstić information content (AvgIpc) is 2.76. The van der Waals surface area contributed by atoms with Gasteiger partial charge in [0.2, 0.25) is 0 Å². The van der Waals surface area contributed by atoms with Crippen LogP contribution in [0.3, 0.4) is 0 Å². The number of nitrogens with one attached hydrogen (secondary N) is 1. The fraction of sp³-hybridized carbons (Fsp3) is 0.429. The number of para-hydroxylation sites is 1. The lowest BCUT2D eigenvalue weighted by Crippen LogP contribution is -2.43. The highest BCUT2D eigenvalue weighted by Crippen LogP contribution is 2.19. The first-order valence-corrected chi connectivity index (χ1v) is 6.29. The first-order chi connectivity index (χ1) is 8.33. The van der Waals surface area contributed by atoms with Gasteiger partial charge in [0.1, 0.15) is 0 Å². The zero-order valence-electron chi connectivity index (χ0n) is 11.1. The average molecular weight is 302 g/mol. The number of fused-ring (bicyclic) bond motifs is 1. The number of nitrogens with zero attached hydrogens (tertiary/aromatic N) is 2. The van der Waals surface area contributed by atoms with Crippen LogP contribution in [-0.4, -0.2) is 48.0 Å². The lowest BCUT2D eigenvalue weighted by molar-refractivity contribution is 0.148. The maximum atomic E-state index is 3.35. The number of H-pyrrole nitrogens is 1. The highest BCUT2D eigenvalue weighted by Gasteiger charge is 2.15.